The molecule has 2 heterocycles. The van der Waals surface area contributed by atoms with Gasteiger partial charge in [0.15, 0.2) is 5.17 Å². The lowest BCUT2D eigenvalue weighted by Gasteiger charge is -2.34. The van der Waals surface area contributed by atoms with Gasteiger partial charge in [-0.3, -0.25) is 14.5 Å². The molecule has 3 rings (SSSR count). The zero-order chi connectivity index (χ0) is 20.8. The molecule has 2 aliphatic rings. The third-order valence-corrected chi connectivity index (χ3v) is 5.97. The zero-order valence-electron chi connectivity index (χ0n) is 16.2. The molecule has 1 unspecified atom stereocenters. The Morgan fingerprint density at radius 2 is 2.07 bits per heavy atom. The van der Waals surface area contributed by atoms with Crippen molar-refractivity contribution in [2.75, 3.05) is 32.7 Å². The lowest BCUT2D eigenvalue weighted by Crippen LogP contribution is -2.45. The van der Waals surface area contributed by atoms with E-state index < -0.39 is 11.2 Å². The second kappa shape index (κ2) is 9.95. The van der Waals surface area contributed by atoms with E-state index in [-0.39, 0.29) is 23.3 Å². The number of carbonyl (C=O) groups is 2. The molecule has 2 saturated heterocycles. The van der Waals surface area contributed by atoms with E-state index in [4.69, 9.17) is 5.11 Å². The maximum absolute atomic E-state index is 13.8. The fraction of sp³-hybridized carbons (Fsp3) is 0.474. The molecular weight excluding hydrogens is 397 g/mol. The molecule has 1 aromatic carbocycles. The van der Waals surface area contributed by atoms with Crippen molar-refractivity contribution in [1.82, 2.24) is 15.1 Å². The van der Waals surface area contributed by atoms with Crippen molar-refractivity contribution in [3.05, 3.63) is 35.1 Å². The van der Waals surface area contributed by atoms with Crippen LogP contribution in [0.3, 0.4) is 0 Å². The van der Waals surface area contributed by atoms with Gasteiger partial charge in [-0.25, -0.2) is 4.39 Å². The average Bonchev–Trinajstić information content (AvgIpc) is 3.02. The minimum Gasteiger partial charge on any atom is -0.481 e. The molecular formula is C19H24FN5O3S. The van der Waals surface area contributed by atoms with Crippen LogP contribution in [0.1, 0.15) is 24.5 Å². The van der Waals surface area contributed by atoms with Crippen LogP contribution in [0.15, 0.2) is 28.4 Å². The fourth-order valence-corrected chi connectivity index (χ4v) is 4.15. The second-order valence-electron chi connectivity index (χ2n) is 6.90. The number of halogens is 1. The number of amidine groups is 1. The Morgan fingerprint density at radius 3 is 2.76 bits per heavy atom. The van der Waals surface area contributed by atoms with Crippen molar-refractivity contribution in [3.63, 3.8) is 0 Å². The van der Waals surface area contributed by atoms with E-state index in [1.807, 2.05) is 0 Å². The van der Waals surface area contributed by atoms with Gasteiger partial charge in [-0.05, 0) is 29.8 Å². The van der Waals surface area contributed by atoms with Crippen molar-refractivity contribution in [1.29, 1.82) is 0 Å². The largest absolute Gasteiger partial charge is 0.481 e. The first-order valence-electron chi connectivity index (χ1n) is 9.48. The number of carbonyl (C=O) groups excluding carboxylic acids is 1. The van der Waals surface area contributed by atoms with Crippen LogP contribution in [-0.4, -0.2) is 76.1 Å². The van der Waals surface area contributed by atoms with Gasteiger partial charge in [0, 0.05) is 32.7 Å². The van der Waals surface area contributed by atoms with Gasteiger partial charge in [-0.2, -0.15) is 5.10 Å². The summed E-state index contributed by atoms with van der Waals surface area (Å²) in [6, 6.07) is 4.54. The number of nitrogens with zero attached hydrogens (tertiary/aromatic N) is 4. The van der Waals surface area contributed by atoms with Crippen LogP contribution < -0.4 is 5.32 Å². The second-order valence-corrected chi connectivity index (χ2v) is 8.09. The van der Waals surface area contributed by atoms with Crippen LogP contribution in [0.2, 0.25) is 0 Å². The Bertz CT molecular complexity index is 824. The Kier molecular flexibility index (Phi) is 7.34. The van der Waals surface area contributed by atoms with Crippen molar-refractivity contribution in [2.24, 2.45) is 10.2 Å². The highest BCUT2D eigenvalue weighted by Gasteiger charge is 2.32. The van der Waals surface area contributed by atoms with Gasteiger partial charge < -0.3 is 15.3 Å². The number of amides is 1. The average molecular weight is 421 g/mol. The first kappa shape index (κ1) is 21.4. The van der Waals surface area contributed by atoms with Crippen molar-refractivity contribution >= 4 is 35.0 Å². The lowest BCUT2D eigenvalue weighted by atomic mass is 10.1. The van der Waals surface area contributed by atoms with Crippen LogP contribution in [0.25, 0.3) is 0 Å². The molecule has 2 aliphatic heterocycles. The number of benzene rings is 1. The molecule has 0 radical (unpaired) electrons. The van der Waals surface area contributed by atoms with Gasteiger partial charge in [0.25, 0.3) is 0 Å². The van der Waals surface area contributed by atoms with Gasteiger partial charge >= 0.3 is 5.97 Å². The molecule has 0 saturated carbocycles. The van der Waals surface area contributed by atoms with Crippen LogP contribution in [-0.2, 0) is 16.1 Å². The van der Waals surface area contributed by atoms with Crippen LogP contribution >= 0.6 is 11.8 Å². The summed E-state index contributed by atoms with van der Waals surface area (Å²) < 4.78 is 13.8. The number of hydrogen-bond acceptors (Lipinski definition) is 7. The van der Waals surface area contributed by atoms with E-state index in [1.165, 1.54) is 18.3 Å². The number of rotatable bonds is 7. The van der Waals surface area contributed by atoms with E-state index in [1.54, 1.807) is 6.07 Å². The molecule has 1 aromatic rings. The molecule has 1 amide bonds. The van der Waals surface area contributed by atoms with Gasteiger partial charge in [0.2, 0.25) is 5.91 Å². The standard InChI is InChI=1S/C19H24FN5O3S/c1-2-24-5-7-25(8-6-24)12-14-9-15(20)4-3-13(14)11-21-23-19-22-18(28)16(29-19)10-17(26)27/h3-4,9,11,16H,2,5-8,10,12H2,1H3,(H,26,27)(H,22,23,28). The van der Waals surface area contributed by atoms with E-state index in [0.717, 1.165) is 55.6 Å². The number of carboxylic acid groups (broad SMARTS) is 1. The van der Waals surface area contributed by atoms with E-state index in [9.17, 15) is 14.0 Å². The number of aliphatic carboxylic acids is 1. The summed E-state index contributed by atoms with van der Waals surface area (Å²) in [7, 11) is 0. The summed E-state index contributed by atoms with van der Waals surface area (Å²) >= 11 is 1.04. The third kappa shape index (κ3) is 6.09. The van der Waals surface area contributed by atoms with Crippen LogP contribution in [0, 0.1) is 5.82 Å². The summed E-state index contributed by atoms with van der Waals surface area (Å²) in [4.78, 5) is 27.2. The summed E-state index contributed by atoms with van der Waals surface area (Å²) in [6.45, 7) is 7.66. The molecule has 1 atom stereocenters. The molecule has 0 aromatic heterocycles. The summed E-state index contributed by atoms with van der Waals surface area (Å²) in [5.41, 5.74) is 1.58. The topological polar surface area (TPSA) is 97.6 Å². The number of thioether (sulfide) groups is 1. The van der Waals surface area contributed by atoms with Crippen molar-refractivity contribution in [3.8, 4) is 0 Å². The van der Waals surface area contributed by atoms with Crippen molar-refractivity contribution < 1.29 is 19.1 Å². The lowest BCUT2D eigenvalue weighted by molar-refractivity contribution is -0.138. The first-order valence-corrected chi connectivity index (χ1v) is 10.4. The highest BCUT2D eigenvalue weighted by molar-refractivity contribution is 8.15. The highest BCUT2D eigenvalue weighted by atomic mass is 32.2. The molecule has 2 N–H and O–H groups in total. The predicted molar refractivity (Wildman–Crippen MR) is 111 cm³/mol. The minimum absolute atomic E-state index is 0.261. The molecule has 8 nitrogen and oxygen atoms in total. The van der Waals surface area contributed by atoms with Crippen LogP contribution in [0.4, 0.5) is 4.39 Å². The number of piperazine rings is 1. The molecule has 0 aliphatic carbocycles. The first-order chi connectivity index (χ1) is 13.9. The van der Waals surface area contributed by atoms with Crippen molar-refractivity contribution in [2.45, 2.75) is 25.1 Å². The predicted octanol–water partition coefficient (Wildman–Crippen LogP) is 1.36. The Morgan fingerprint density at radius 1 is 1.34 bits per heavy atom. The zero-order valence-corrected chi connectivity index (χ0v) is 17.0. The maximum atomic E-state index is 13.8. The Hall–Kier alpha value is -2.30. The van der Waals surface area contributed by atoms with E-state index in [2.05, 4.69) is 32.2 Å². The van der Waals surface area contributed by atoms with Gasteiger partial charge in [0.1, 0.15) is 11.1 Å². The molecule has 10 heteroatoms. The molecule has 0 bridgehead atoms. The fourth-order valence-electron chi connectivity index (χ4n) is 3.23. The number of hydrogen-bond donors (Lipinski definition) is 2. The molecule has 2 fully saturated rings. The summed E-state index contributed by atoms with van der Waals surface area (Å²) in [5, 5.41) is 18.9. The number of nitrogens with one attached hydrogen (secondary N) is 1. The summed E-state index contributed by atoms with van der Waals surface area (Å²) in [5.74, 6) is -1.73. The van der Waals surface area contributed by atoms with Gasteiger partial charge in [-0.1, -0.05) is 24.8 Å². The maximum Gasteiger partial charge on any atom is 0.305 e. The highest BCUT2D eigenvalue weighted by Crippen LogP contribution is 2.22. The SMILES string of the molecule is CCN1CCN(Cc2cc(F)ccc2C=NN=C2NC(=O)C(CC(=O)O)S2)CC1. The summed E-state index contributed by atoms with van der Waals surface area (Å²) in [6.07, 6.45) is 1.26. The van der Waals surface area contributed by atoms with E-state index in [0.29, 0.717) is 6.54 Å². The van der Waals surface area contributed by atoms with Crippen LogP contribution in [0.5, 0.6) is 0 Å². The number of likely N-dealkylation sites (N-methyl/N-ethyl adjacent to an activating group) is 1. The molecule has 29 heavy (non-hydrogen) atoms. The molecule has 0 spiro atoms. The van der Waals surface area contributed by atoms with Gasteiger partial charge in [0.05, 0.1) is 12.6 Å². The Labute approximate surface area is 172 Å². The normalized spacial score (nSPS) is 22.5. The minimum atomic E-state index is -1.04. The third-order valence-electron chi connectivity index (χ3n) is 4.89. The molecule has 156 valence electrons. The van der Waals surface area contributed by atoms with Gasteiger partial charge in [-0.15, -0.1) is 5.10 Å². The smallest absolute Gasteiger partial charge is 0.305 e. The number of carboxylic acids is 1. The van der Waals surface area contributed by atoms with E-state index >= 15 is 0 Å². The monoisotopic (exact) mass is 421 g/mol. The Balaban J connectivity index is 1.65. The quantitative estimate of drug-likeness (QED) is 0.510.